The van der Waals surface area contributed by atoms with Gasteiger partial charge in [-0.25, -0.2) is 9.78 Å². The Bertz CT molecular complexity index is 1060. The molecule has 2 aromatic rings. The van der Waals surface area contributed by atoms with Crippen LogP contribution in [0.3, 0.4) is 0 Å². The Morgan fingerprint density at radius 2 is 2.10 bits per heavy atom. The summed E-state index contributed by atoms with van der Waals surface area (Å²) in [4.78, 5) is 43.9. The zero-order valence-electron chi connectivity index (χ0n) is 17.1. The molecule has 0 bridgehead atoms. The number of hydrogen-bond acceptors (Lipinski definition) is 8. The summed E-state index contributed by atoms with van der Waals surface area (Å²) in [5, 5.41) is 11.9. The highest BCUT2D eigenvalue weighted by atomic mass is 32.1. The fourth-order valence-electron chi connectivity index (χ4n) is 3.85. The second-order valence-corrected chi connectivity index (χ2v) is 9.42. The third-order valence-corrected chi connectivity index (χ3v) is 6.26. The predicted molar refractivity (Wildman–Crippen MR) is 107 cm³/mol. The lowest BCUT2D eigenvalue weighted by atomic mass is 9.83. The van der Waals surface area contributed by atoms with Crippen molar-refractivity contribution in [3.8, 4) is 0 Å². The van der Waals surface area contributed by atoms with Gasteiger partial charge in [0.1, 0.15) is 16.9 Å². The maximum absolute atomic E-state index is 12.9. The van der Waals surface area contributed by atoms with Crippen LogP contribution in [0.15, 0.2) is 23.6 Å². The van der Waals surface area contributed by atoms with Crippen LogP contribution in [0, 0.1) is 11.3 Å². The van der Waals surface area contributed by atoms with E-state index in [0.29, 0.717) is 12.0 Å². The van der Waals surface area contributed by atoms with Gasteiger partial charge in [-0.2, -0.15) is 0 Å². The first-order chi connectivity index (χ1) is 14.1. The first kappa shape index (κ1) is 20.5. The summed E-state index contributed by atoms with van der Waals surface area (Å²) in [6.07, 6.45) is 2.95. The van der Waals surface area contributed by atoms with Crippen LogP contribution in [0.4, 0.5) is 0 Å². The Morgan fingerprint density at radius 1 is 1.37 bits per heavy atom. The second-order valence-electron chi connectivity index (χ2n) is 8.53. The number of imidazole rings is 1. The quantitative estimate of drug-likeness (QED) is 0.435. The van der Waals surface area contributed by atoms with Crippen LogP contribution in [0.1, 0.15) is 39.8 Å². The Morgan fingerprint density at radius 3 is 2.77 bits per heavy atom. The molecule has 1 saturated heterocycles. The first-order valence-corrected chi connectivity index (χ1v) is 10.5. The summed E-state index contributed by atoms with van der Waals surface area (Å²) in [5.74, 6) is -2.13. The third kappa shape index (κ3) is 3.20. The zero-order chi connectivity index (χ0) is 21.8. The minimum Gasteiger partial charge on any atom is -0.427 e. The molecule has 2 aliphatic rings. The van der Waals surface area contributed by atoms with Crippen LogP contribution >= 0.6 is 11.3 Å². The molecule has 2 aromatic heterocycles. The molecule has 0 aromatic carbocycles. The SMILES string of the molecule is C[C@@H](O)[C@H]1C(=O)N2C(C(=O)OCOC(=O)C(C)(C)C)=C(c3csc4cncn34)C[C@H]12. The number of hydrogen-bond donors (Lipinski definition) is 1. The van der Waals surface area contributed by atoms with Crippen LogP contribution < -0.4 is 0 Å². The average Bonchev–Trinajstić information content (AvgIpc) is 3.32. The molecule has 160 valence electrons. The van der Waals surface area contributed by atoms with Gasteiger partial charge in [0.2, 0.25) is 12.7 Å². The predicted octanol–water partition coefficient (Wildman–Crippen LogP) is 1.81. The molecular formula is C20H23N3O6S. The molecule has 0 spiro atoms. The second kappa shape index (κ2) is 7.21. The maximum Gasteiger partial charge on any atom is 0.358 e. The van der Waals surface area contributed by atoms with E-state index >= 15 is 0 Å². The van der Waals surface area contributed by atoms with Crippen molar-refractivity contribution in [3.63, 3.8) is 0 Å². The van der Waals surface area contributed by atoms with Crippen molar-refractivity contribution in [2.75, 3.05) is 6.79 Å². The summed E-state index contributed by atoms with van der Waals surface area (Å²) in [6.45, 7) is 6.12. The molecule has 0 aliphatic carbocycles. The Hall–Kier alpha value is -2.72. The van der Waals surface area contributed by atoms with Gasteiger partial charge in [0.15, 0.2) is 0 Å². The van der Waals surface area contributed by atoms with Crippen molar-refractivity contribution >= 4 is 39.6 Å². The number of β-lactam (4-membered cyclic amide) rings is 1. The van der Waals surface area contributed by atoms with Crippen LogP contribution in [0.2, 0.25) is 0 Å². The van der Waals surface area contributed by atoms with Gasteiger partial charge in [-0.15, -0.1) is 11.3 Å². The fourth-order valence-corrected chi connectivity index (χ4v) is 4.72. The number of aliphatic hydroxyl groups is 1. The first-order valence-electron chi connectivity index (χ1n) is 9.60. The number of thiazole rings is 1. The molecule has 9 nitrogen and oxygen atoms in total. The standard InChI is InChI=1S/C20H23N3O6S/c1-10(24)15-12-5-11(13-7-30-14-6-21-8-22(13)14)16(23(12)17(15)25)18(26)28-9-29-19(27)20(2,3)4/h6-8,10,12,15,24H,5,9H2,1-4H3/t10-,12-,15-/m1/s1. The van der Waals surface area contributed by atoms with Gasteiger partial charge in [0.05, 0.1) is 35.4 Å². The van der Waals surface area contributed by atoms with Gasteiger partial charge in [-0.3, -0.25) is 14.0 Å². The van der Waals surface area contributed by atoms with Crippen molar-refractivity contribution < 1.29 is 29.0 Å². The van der Waals surface area contributed by atoms with E-state index in [9.17, 15) is 19.5 Å². The van der Waals surface area contributed by atoms with Crippen LogP contribution in [-0.2, 0) is 23.9 Å². The number of rotatable bonds is 5. The van der Waals surface area contributed by atoms with Gasteiger partial charge in [-0.05, 0) is 34.1 Å². The highest BCUT2D eigenvalue weighted by Gasteiger charge is 2.57. The largest absolute Gasteiger partial charge is 0.427 e. The normalized spacial score (nSPS) is 22.2. The van der Waals surface area contributed by atoms with Crippen LogP contribution in [-0.4, -0.2) is 56.2 Å². The van der Waals surface area contributed by atoms with Crippen LogP contribution in [0.5, 0.6) is 0 Å². The molecule has 4 rings (SSSR count). The van der Waals surface area contributed by atoms with Crippen LogP contribution in [0.25, 0.3) is 10.4 Å². The fraction of sp³-hybridized carbons (Fsp3) is 0.500. The minimum absolute atomic E-state index is 0.127. The number of esters is 2. The summed E-state index contributed by atoms with van der Waals surface area (Å²) in [6, 6.07) is -0.314. The number of amides is 1. The number of carbonyl (C=O) groups is 3. The lowest BCUT2D eigenvalue weighted by Crippen LogP contribution is -2.61. The number of carbonyl (C=O) groups excluding carboxylic acids is 3. The van der Waals surface area contributed by atoms with Gasteiger partial charge in [0, 0.05) is 11.0 Å². The van der Waals surface area contributed by atoms with E-state index in [2.05, 4.69) is 4.98 Å². The highest BCUT2D eigenvalue weighted by molar-refractivity contribution is 7.15. The third-order valence-electron chi connectivity index (χ3n) is 5.38. The van der Waals surface area contributed by atoms with Gasteiger partial charge in [0.25, 0.3) is 0 Å². The summed E-state index contributed by atoms with van der Waals surface area (Å²) >= 11 is 1.47. The van der Waals surface area contributed by atoms with Crippen molar-refractivity contribution in [1.82, 2.24) is 14.3 Å². The molecule has 4 heterocycles. The van der Waals surface area contributed by atoms with Gasteiger partial charge >= 0.3 is 11.9 Å². The number of aliphatic hydroxyl groups excluding tert-OH is 1. The molecule has 0 unspecified atom stereocenters. The van der Waals surface area contributed by atoms with Gasteiger partial charge in [-0.1, -0.05) is 0 Å². The maximum atomic E-state index is 12.9. The van der Waals surface area contributed by atoms with E-state index in [1.165, 1.54) is 16.2 Å². The van der Waals surface area contributed by atoms with Crippen molar-refractivity contribution in [2.24, 2.45) is 11.3 Å². The molecule has 2 aliphatic heterocycles. The van der Waals surface area contributed by atoms with E-state index in [4.69, 9.17) is 9.47 Å². The lowest BCUT2D eigenvalue weighted by Gasteiger charge is -2.44. The van der Waals surface area contributed by atoms with E-state index in [0.717, 1.165) is 10.5 Å². The molecule has 3 atom stereocenters. The lowest BCUT2D eigenvalue weighted by molar-refractivity contribution is -0.175. The molecule has 0 radical (unpaired) electrons. The molecule has 1 amide bonds. The topological polar surface area (TPSA) is 110 Å². The van der Waals surface area contributed by atoms with Crippen molar-refractivity contribution in [2.45, 2.75) is 46.3 Å². The smallest absolute Gasteiger partial charge is 0.358 e. The number of fused-ring (bicyclic) bond motifs is 2. The molecule has 1 fully saturated rings. The van der Waals surface area contributed by atoms with Crippen molar-refractivity contribution in [1.29, 1.82) is 0 Å². The Kier molecular flexibility index (Phi) is 4.94. The summed E-state index contributed by atoms with van der Waals surface area (Å²) < 4.78 is 12.1. The molecule has 10 heteroatoms. The van der Waals surface area contributed by atoms with E-state index in [1.807, 2.05) is 9.78 Å². The molecular weight excluding hydrogens is 410 g/mol. The van der Waals surface area contributed by atoms with E-state index in [-0.39, 0.29) is 17.6 Å². The Labute approximate surface area is 176 Å². The summed E-state index contributed by atoms with van der Waals surface area (Å²) in [7, 11) is 0. The number of nitrogens with zero attached hydrogens (tertiary/aromatic N) is 3. The van der Waals surface area contributed by atoms with E-state index < -0.39 is 36.2 Å². The molecule has 1 N–H and O–H groups in total. The number of aromatic nitrogens is 2. The minimum atomic E-state index is -0.821. The molecule has 30 heavy (non-hydrogen) atoms. The van der Waals surface area contributed by atoms with Crippen molar-refractivity contribution in [3.05, 3.63) is 29.3 Å². The zero-order valence-corrected chi connectivity index (χ0v) is 17.9. The molecule has 0 saturated carbocycles. The van der Waals surface area contributed by atoms with Gasteiger partial charge < -0.3 is 19.5 Å². The Balaban J connectivity index is 1.62. The average molecular weight is 433 g/mol. The monoisotopic (exact) mass is 433 g/mol. The summed E-state index contributed by atoms with van der Waals surface area (Å²) in [5.41, 5.74) is 0.796. The highest BCUT2D eigenvalue weighted by Crippen LogP contribution is 2.47. The number of ether oxygens (including phenoxy) is 2. The van der Waals surface area contributed by atoms with E-state index in [1.54, 1.807) is 40.2 Å².